The van der Waals surface area contributed by atoms with Gasteiger partial charge in [-0.25, -0.2) is 0 Å². The summed E-state index contributed by atoms with van der Waals surface area (Å²) in [6.45, 7) is 1.57. The van der Waals surface area contributed by atoms with Crippen molar-refractivity contribution in [3.8, 4) is 11.5 Å². The van der Waals surface area contributed by atoms with E-state index < -0.39 is 4.92 Å². The van der Waals surface area contributed by atoms with Crippen LogP contribution in [-0.2, 0) is 0 Å². The SMILES string of the molecule is Cc1cc(OCC(=O)c2ccc(Cl)cc2)cc2c1C(=O)/C(=C/c1ccc([N+](=O)[O-])cc1)O2. The minimum atomic E-state index is -0.493. The normalized spacial score (nSPS) is 13.6. The minimum absolute atomic E-state index is 0.0418. The van der Waals surface area contributed by atoms with Gasteiger partial charge in [-0.15, -0.1) is 0 Å². The molecule has 1 aliphatic rings. The van der Waals surface area contributed by atoms with Crippen molar-refractivity contribution in [1.29, 1.82) is 0 Å². The summed E-state index contributed by atoms with van der Waals surface area (Å²) in [7, 11) is 0. The molecule has 0 N–H and O–H groups in total. The number of ether oxygens (including phenoxy) is 2. The lowest BCUT2D eigenvalue weighted by atomic mass is 10.0. The zero-order chi connectivity index (χ0) is 22.8. The van der Waals surface area contributed by atoms with Crippen LogP contribution in [0.1, 0.15) is 31.8 Å². The van der Waals surface area contributed by atoms with Crippen molar-refractivity contribution in [2.45, 2.75) is 6.92 Å². The number of halogens is 1. The molecule has 0 aliphatic carbocycles. The molecule has 3 aromatic rings. The fourth-order valence-corrected chi connectivity index (χ4v) is 3.40. The lowest BCUT2D eigenvalue weighted by Gasteiger charge is -2.09. The standard InChI is InChI=1S/C24H16ClNO6/c1-14-10-19(31-13-20(27)16-4-6-17(25)7-5-16)12-21-23(14)24(28)22(32-21)11-15-2-8-18(9-3-15)26(29)30/h2-12H,13H2,1H3/b22-11-. The van der Waals surface area contributed by atoms with Crippen LogP contribution in [0.15, 0.2) is 66.4 Å². The van der Waals surface area contributed by atoms with Gasteiger partial charge in [0.05, 0.1) is 10.5 Å². The fourth-order valence-electron chi connectivity index (χ4n) is 3.27. The number of ketones is 2. The van der Waals surface area contributed by atoms with Gasteiger partial charge in [0.2, 0.25) is 5.78 Å². The number of nitro groups is 1. The number of fused-ring (bicyclic) bond motifs is 1. The summed E-state index contributed by atoms with van der Waals surface area (Å²) in [6.07, 6.45) is 1.52. The number of carbonyl (C=O) groups excluding carboxylic acids is 2. The highest BCUT2D eigenvalue weighted by atomic mass is 35.5. The molecule has 0 amide bonds. The summed E-state index contributed by atoms with van der Waals surface area (Å²) >= 11 is 5.84. The second-order valence-electron chi connectivity index (χ2n) is 7.12. The van der Waals surface area contributed by atoms with Crippen LogP contribution in [0.4, 0.5) is 5.69 Å². The molecule has 0 saturated heterocycles. The highest BCUT2D eigenvalue weighted by Gasteiger charge is 2.30. The largest absolute Gasteiger partial charge is 0.485 e. The Morgan fingerprint density at radius 2 is 1.81 bits per heavy atom. The van der Waals surface area contributed by atoms with Gasteiger partial charge in [0, 0.05) is 28.8 Å². The van der Waals surface area contributed by atoms with E-state index in [1.165, 1.54) is 30.3 Å². The predicted molar refractivity (Wildman–Crippen MR) is 118 cm³/mol. The Labute approximate surface area is 188 Å². The Hall–Kier alpha value is -3.97. The molecule has 0 fully saturated rings. The zero-order valence-electron chi connectivity index (χ0n) is 16.8. The van der Waals surface area contributed by atoms with Gasteiger partial charge in [-0.2, -0.15) is 0 Å². The van der Waals surface area contributed by atoms with Crippen molar-refractivity contribution in [1.82, 2.24) is 0 Å². The Morgan fingerprint density at radius 3 is 2.47 bits per heavy atom. The molecule has 0 unspecified atom stereocenters. The van der Waals surface area contributed by atoms with Crippen LogP contribution >= 0.6 is 11.6 Å². The van der Waals surface area contributed by atoms with E-state index in [9.17, 15) is 19.7 Å². The fraction of sp³-hybridized carbons (Fsp3) is 0.0833. The monoisotopic (exact) mass is 449 g/mol. The van der Waals surface area contributed by atoms with E-state index in [0.717, 1.165) is 0 Å². The van der Waals surface area contributed by atoms with Gasteiger partial charge in [-0.05, 0) is 66.6 Å². The average molecular weight is 450 g/mol. The number of hydrogen-bond donors (Lipinski definition) is 0. The molecular weight excluding hydrogens is 434 g/mol. The van der Waals surface area contributed by atoms with Crippen LogP contribution in [0.3, 0.4) is 0 Å². The number of aryl methyl sites for hydroxylation is 1. The van der Waals surface area contributed by atoms with E-state index in [2.05, 4.69) is 0 Å². The summed E-state index contributed by atoms with van der Waals surface area (Å²) < 4.78 is 11.4. The zero-order valence-corrected chi connectivity index (χ0v) is 17.6. The van der Waals surface area contributed by atoms with E-state index in [4.69, 9.17) is 21.1 Å². The quantitative estimate of drug-likeness (QED) is 0.215. The van der Waals surface area contributed by atoms with Gasteiger partial charge >= 0.3 is 0 Å². The number of hydrogen-bond acceptors (Lipinski definition) is 6. The third-order valence-corrected chi connectivity index (χ3v) is 5.13. The Bertz CT molecular complexity index is 1260. The number of Topliss-reactive ketones (excluding diaryl/α,β-unsaturated/α-hetero) is 2. The number of rotatable bonds is 6. The molecule has 0 atom stereocenters. The summed E-state index contributed by atoms with van der Waals surface area (Å²) in [5, 5.41) is 11.3. The lowest BCUT2D eigenvalue weighted by Crippen LogP contribution is -2.11. The van der Waals surface area contributed by atoms with E-state index in [1.54, 1.807) is 43.3 Å². The van der Waals surface area contributed by atoms with E-state index >= 15 is 0 Å². The number of benzene rings is 3. The van der Waals surface area contributed by atoms with Crippen LogP contribution in [0, 0.1) is 17.0 Å². The second-order valence-corrected chi connectivity index (χ2v) is 7.56. The third kappa shape index (κ3) is 4.38. The van der Waals surface area contributed by atoms with Crippen molar-refractivity contribution in [3.63, 3.8) is 0 Å². The Balaban J connectivity index is 1.50. The first kappa shape index (κ1) is 21.3. The molecule has 0 spiro atoms. The first-order valence-electron chi connectivity index (χ1n) is 9.57. The van der Waals surface area contributed by atoms with Crippen molar-refractivity contribution in [2.24, 2.45) is 0 Å². The summed E-state index contributed by atoms with van der Waals surface area (Å²) in [5.41, 5.74) is 2.09. The number of nitrogens with zero attached hydrogens (tertiary/aromatic N) is 1. The molecular formula is C24H16ClNO6. The molecule has 7 nitrogen and oxygen atoms in total. The summed E-state index contributed by atoms with van der Waals surface area (Å²) in [4.78, 5) is 35.4. The molecule has 8 heteroatoms. The molecule has 0 radical (unpaired) electrons. The number of carbonyl (C=O) groups is 2. The van der Waals surface area contributed by atoms with Gasteiger partial charge < -0.3 is 9.47 Å². The molecule has 160 valence electrons. The predicted octanol–water partition coefficient (Wildman–Crippen LogP) is 5.43. The first-order chi connectivity index (χ1) is 15.3. The van der Waals surface area contributed by atoms with Crippen molar-refractivity contribution in [3.05, 3.63) is 104 Å². The van der Waals surface area contributed by atoms with E-state index in [0.29, 0.717) is 38.8 Å². The third-order valence-electron chi connectivity index (χ3n) is 4.88. The highest BCUT2D eigenvalue weighted by Crippen LogP contribution is 2.37. The maximum atomic E-state index is 12.8. The van der Waals surface area contributed by atoms with Crippen LogP contribution in [-0.4, -0.2) is 23.1 Å². The van der Waals surface area contributed by atoms with Gasteiger partial charge in [0.1, 0.15) is 11.5 Å². The molecule has 0 saturated carbocycles. The molecule has 32 heavy (non-hydrogen) atoms. The molecule has 0 bridgehead atoms. The van der Waals surface area contributed by atoms with E-state index in [1.807, 2.05) is 0 Å². The van der Waals surface area contributed by atoms with Crippen molar-refractivity contribution >= 4 is 34.9 Å². The maximum absolute atomic E-state index is 12.8. The van der Waals surface area contributed by atoms with Gasteiger partial charge in [0.15, 0.2) is 18.1 Å². The number of allylic oxidation sites excluding steroid dienone is 1. The van der Waals surface area contributed by atoms with Crippen molar-refractivity contribution < 1.29 is 24.0 Å². The van der Waals surface area contributed by atoms with Crippen LogP contribution < -0.4 is 9.47 Å². The summed E-state index contributed by atoms with van der Waals surface area (Å²) in [5.74, 6) is 0.326. The first-order valence-corrected chi connectivity index (χ1v) is 9.94. The average Bonchev–Trinajstić information content (AvgIpc) is 3.08. The van der Waals surface area contributed by atoms with Crippen LogP contribution in [0.25, 0.3) is 6.08 Å². The van der Waals surface area contributed by atoms with Gasteiger partial charge in [-0.3, -0.25) is 19.7 Å². The number of non-ortho nitro benzene ring substituents is 1. The highest BCUT2D eigenvalue weighted by molar-refractivity contribution is 6.30. The molecule has 3 aromatic carbocycles. The maximum Gasteiger partial charge on any atom is 0.269 e. The van der Waals surface area contributed by atoms with E-state index in [-0.39, 0.29) is 29.6 Å². The molecule has 1 heterocycles. The van der Waals surface area contributed by atoms with Gasteiger partial charge in [-0.1, -0.05) is 11.6 Å². The number of nitro benzene ring substituents is 1. The topological polar surface area (TPSA) is 95.7 Å². The van der Waals surface area contributed by atoms with Crippen molar-refractivity contribution in [2.75, 3.05) is 6.61 Å². The lowest BCUT2D eigenvalue weighted by molar-refractivity contribution is -0.384. The molecule has 0 aromatic heterocycles. The Morgan fingerprint density at radius 1 is 1.12 bits per heavy atom. The van der Waals surface area contributed by atoms with Gasteiger partial charge in [0.25, 0.3) is 5.69 Å². The smallest absolute Gasteiger partial charge is 0.269 e. The Kier molecular flexibility index (Phi) is 5.75. The second kappa shape index (κ2) is 8.64. The minimum Gasteiger partial charge on any atom is -0.485 e. The summed E-state index contributed by atoms with van der Waals surface area (Å²) in [6, 6.07) is 15.5. The van der Waals surface area contributed by atoms with Crippen LogP contribution in [0.5, 0.6) is 11.5 Å². The molecule has 4 rings (SSSR count). The molecule has 1 aliphatic heterocycles. The van der Waals surface area contributed by atoms with Crippen LogP contribution in [0.2, 0.25) is 5.02 Å².